The van der Waals surface area contributed by atoms with Crippen LogP contribution in [0, 0.1) is 58.7 Å². The summed E-state index contributed by atoms with van der Waals surface area (Å²) in [4.78, 5) is 0. The van der Waals surface area contributed by atoms with E-state index in [9.17, 15) is 22.0 Å². The number of halogens is 7. The lowest BCUT2D eigenvalue weighted by molar-refractivity contribution is -0.251. The maximum Gasteiger partial charge on any atom is 0.400 e. The van der Waals surface area contributed by atoms with Crippen LogP contribution < -0.4 is 4.74 Å². The summed E-state index contributed by atoms with van der Waals surface area (Å²) in [5.41, 5.74) is -1.50. The van der Waals surface area contributed by atoms with Crippen molar-refractivity contribution in [2.45, 2.75) is 70.7 Å². The van der Waals surface area contributed by atoms with E-state index < -0.39 is 64.3 Å². The van der Waals surface area contributed by atoms with E-state index in [1.807, 2.05) is 0 Å². The first-order valence-electron chi connectivity index (χ1n) is 14.0. The van der Waals surface area contributed by atoms with Crippen LogP contribution in [0.4, 0.5) is 30.7 Å². The van der Waals surface area contributed by atoms with Gasteiger partial charge in [-0.25, -0.2) is 22.0 Å². The van der Waals surface area contributed by atoms with Crippen molar-refractivity contribution in [1.82, 2.24) is 0 Å². The summed E-state index contributed by atoms with van der Waals surface area (Å²) in [7, 11) is 0. The van der Waals surface area contributed by atoms with Crippen LogP contribution in [0.25, 0.3) is 11.1 Å². The van der Waals surface area contributed by atoms with Crippen molar-refractivity contribution in [3.05, 3.63) is 53.4 Å². The normalized spacial score (nSPS) is 29.8. The molecule has 2 aliphatic carbocycles. The van der Waals surface area contributed by atoms with Gasteiger partial charge in [-0.3, -0.25) is 0 Å². The van der Waals surface area contributed by atoms with E-state index in [0.717, 1.165) is 5.92 Å². The summed E-state index contributed by atoms with van der Waals surface area (Å²) in [6.45, 7) is 3.51. The fraction of sp³-hybridized carbons (Fsp3) is 0.600. The second kappa shape index (κ2) is 11.9. The average Bonchev–Trinajstić information content (AvgIpc) is 2.92. The topological polar surface area (TPSA) is 27.7 Å². The number of alkyl halides is 2. The van der Waals surface area contributed by atoms with Crippen molar-refractivity contribution < 1.29 is 44.9 Å². The first-order chi connectivity index (χ1) is 19.0. The van der Waals surface area contributed by atoms with Crippen molar-refractivity contribution in [2.75, 3.05) is 13.2 Å². The molecule has 2 aromatic rings. The third-order valence-corrected chi connectivity index (χ3v) is 8.85. The first kappa shape index (κ1) is 29.2. The predicted molar refractivity (Wildman–Crippen MR) is 133 cm³/mol. The fourth-order valence-electron chi connectivity index (χ4n) is 6.39. The van der Waals surface area contributed by atoms with E-state index in [-0.39, 0.29) is 18.8 Å². The fourth-order valence-corrected chi connectivity index (χ4v) is 6.39. The van der Waals surface area contributed by atoms with Gasteiger partial charge >= 0.3 is 6.11 Å². The van der Waals surface area contributed by atoms with Gasteiger partial charge in [0.2, 0.25) is 0 Å². The number of hydrogen-bond donors (Lipinski definition) is 0. The number of ether oxygens (including phenoxy) is 3. The zero-order chi connectivity index (χ0) is 28.6. The summed E-state index contributed by atoms with van der Waals surface area (Å²) < 4.78 is 116. The van der Waals surface area contributed by atoms with Gasteiger partial charge in [0.1, 0.15) is 17.4 Å². The third kappa shape index (κ3) is 6.27. The average molecular weight is 575 g/mol. The Morgan fingerprint density at radius 2 is 1.20 bits per heavy atom. The zero-order valence-corrected chi connectivity index (χ0v) is 22.2. The summed E-state index contributed by atoms with van der Waals surface area (Å²) >= 11 is 0. The molecule has 0 N–H and O–H groups in total. The molecule has 40 heavy (non-hydrogen) atoms. The van der Waals surface area contributed by atoms with Crippen molar-refractivity contribution in [3.63, 3.8) is 0 Å². The Morgan fingerprint density at radius 1 is 0.675 bits per heavy atom. The predicted octanol–water partition coefficient (Wildman–Crippen LogP) is 8.64. The van der Waals surface area contributed by atoms with Gasteiger partial charge in [-0.15, -0.1) is 0 Å². The molecule has 5 rings (SSSR count). The monoisotopic (exact) mass is 574 g/mol. The highest BCUT2D eigenvalue weighted by atomic mass is 19.3. The Kier molecular flexibility index (Phi) is 8.66. The maximum atomic E-state index is 15.0. The van der Waals surface area contributed by atoms with Crippen LogP contribution >= 0.6 is 0 Å². The van der Waals surface area contributed by atoms with Gasteiger partial charge < -0.3 is 14.2 Å². The van der Waals surface area contributed by atoms with Gasteiger partial charge in [0.05, 0.1) is 24.7 Å². The summed E-state index contributed by atoms with van der Waals surface area (Å²) in [5.74, 6) is -8.08. The lowest BCUT2D eigenvalue weighted by Gasteiger charge is -2.41. The molecule has 0 amide bonds. The van der Waals surface area contributed by atoms with E-state index in [1.165, 1.54) is 25.7 Å². The van der Waals surface area contributed by atoms with E-state index >= 15 is 8.78 Å². The van der Waals surface area contributed by atoms with Crippen molar-refractivity contribution in [3.8, 4) is 16.9 Å². The summed E-state index contributed by atoms with van der Waals surface area (Å²) in [6.07, 6.45) is 1.77. The van der Waals surface area contributed by atoms with Crippen LogP contribution in [0.15, 0.2) is 24.3 Å². The highest BCUT2D eigenvalue weighted by Crippen LogP contribution is 2.43. The van der Waals surface area contributed by atoms with Crippen molar-refractivity contribution in [2.24, 2.45) is 29.6 Å². The lowest BCUT2D eigenvalue weighted by Crippen LogP contribution is -2.43. The van der Waals surface area contributed by atoms with Crippen LogP contribution in [0.3, 0.4) is 0 Å². The highest BCUT2D eigenvalue weighted by molar-refractivity contribution is 5.66. The molecule has 0 unspecified atom stereocenters. The quantitative estimate of drug-likeness (QED) is 0.255. The van der Waals surface area contributed by atoms with Crippen LogP contribution in [0.1, 0.15) is 58.3 Å². The van der Waals surface area contributed by atoms with Gasteiger partial charge in [0, 0.05) is 24.0 Å². The second-order valence-corrected chi connectivity index (χ2v) is 11.6. The van der Waals surface area contributed by atoms with Crippen LogP contribution in [0.5, 0.6) is 5.75 Å². The molecular weight excluding hydrogens is 541 g/mol. The van der Waals surface area contributed by atoms with Gasteiger partial charge in [0.25, 0.3) is 0 Å². The molecule has 3 fully saturated rings. The first-order valence-corrected chi connectivity index (χ1v) is 14.0. The molecule has 2 saturated carbocycles. The maximum absolute atomic E-state index is 15.0. The van der Waals surface area contributed by atoms with Gasteiger partial charge in [-0.1, -0.05) is 19.8 Å². The Bertz CT molecular complexity index is 1140. The zero-order valence-electron chi connectivity index (χ0n) is 22.2. The Balaban J connectivity index is 1.16. The smallest absolute Gasteiger partial charge is 0.400 e. The molecule has 0 bridgehead atoms. The van der Waals surface area contributed by atoms with E-state index in [0.29, 0.717) is 62.2 Å². The highest BCUT2D eigenvalue weighted by Gasteiger charge is 2.46. The van der Waals surface area contributed by atoms with Gasteiger partial charge in [-0.2, -0.15) is 8.78 Å². The molecule has 10 heteroatoms. The molecule has 0 spiro atoms. The molecule has 3 nitrogen and oxygen atoms in total. The third-order valence-electron chi connectivity index (χ3n) is 8.85. The number of hydrogen-bond acceptors (Lipinski definition) is 3. The Labute approximate surface area is 229 Å². The Morgan fingerprint density at radius 3 is 1.75 bits per heavy atom. The van der Waals surface area contributed by atoms with Crippen LogP contribution in [-0.2, 0) is 9.47 Å². The molecule has 3 aliphatic rings. The molecule has 0 radical (unpaired) electrons. The molecule has 1 saturated heterocycles. The Hall–Kier alpha value is -2.33. The standard InChI is InChI=1S/C30H33F7O3/c1-16-2-4-17(5-3-16)20-14-38-29(39-15-20)18-6-8-21(9-7-18)30(36,37)40-22-12-23(31)27(24(32)13-22)19-10-25(33)28(35)26(34)11-19/h10-13,16-18,20-21,29H,2-9,14-15H2,1H3. The van der Waals surface area contributed by atoms with Crippen LogP contribution in [-0.4, -0.2) is 25.6 Å². The molecule has 1 aliphatic heterocycles. The van der Waals surface area contributed by atoms with E-state index in [2.05, 4.69) is 6.92 Å². The van der Waals surface area contributed by atoms with Gasteiger partial charge in [0.15, 0.2) is 23.7 Å². The summed E-state index contributed by atoms with van der Waals surface area (Å²) in [5, 5.41) is 0. The number of rotatable bonds is 6. The van der Waals surface area contributed by atoms with Gasteiger partial charge in [-0.05, 0) is 68.1 Å². The minimum absolute atomic E-state index is 0.0231. The minimum atomic E-state index is -3.71. The van der Waals surface area contributed by atoms with E-state index in [1.54, 1.807) is 0 Å². The second-order valence-electron chi connectivity index (χ2n) is 11.6. The minimum Gasteiger partial charge on any atom is -0.432 e. The molecule has 2 aromatic carbocycles. The van der Waals surface area contributed by atoms with Crippen molar-refractivity contribution >= 4 is 0 Å². The summed E-state index contributed by atoms with van der Waals surface area (Å²) in [6, 6.07) is 1.88. The molecular formula is C30H33F7O3. The SMILES string of the molecule is CC1CCC(C2COC(C3CCC(C(F)(F)Oc4cc(F)c(-c5cc(F)c(F)c(F)c5)c(F)c4)CC3)OC2)CC1. The largest absolute Gasteiger partial charge is 0.432 e. The molecule has 0 aromatic heterocycles. The molecule has 220 valence electrons. The van der Waals surface area contributed by atoms with Crippen LogP contribution in [0.2, 0.25) is 0 Å². The number of benzene rings is 2. The molecule has 1 heterocycles. The van der Waals surface area contributed by atoms with Crippen molar-refractivity contribution in [1.29, 1.82) is 0 Å². The lowest BCUT2D eigenvalue weighted by atomic mass is 9.76. The van der Waals surface area contributed by atoms with E-state index in [4.69, 9.17) is 14.2 Å². The molecule has 0 atom stereocenters.